The molecule has 1 aromatic heterocycles. The number of oxazole rings is 1. The molecule has 3 N–H and O–H groups in total. The van der Waals surface area contributed by atoms with E-state index in [4.69, 9.17) is 9.62 Å². The normalized spacial score (nSPS) is 11.9. The van der Waals surface area contributed by atoms with Crippen molar-refractivity contribution in [3.63, 3.8) is 0 Å². The van der Waals surface area contributed by atoms with Gasteiger partial charge < -0.3 is 9.73 Å². The molecule has 156 valence electrons. The number of amides is 2. The number of hydroxylamine groups is 1. The molecule has 3 rings (SSSR count). The van der Waals surface area contributed by atoms with Crippen LogP contribution in [0.3, 0.4) is 0 Å². The zero-order chi connectivity index (χ0) is 21.7. The van der Waals surface area contributed by atoms with E-state index in [1.807, 2.05) is 44.2 Å². The van der Waals surface area contributed by atoms with Crippen molar-refractivity contribution in [2.75, 3.05) is 0 Å². The topological polar surface area (TPSA) is 104 Å². The maximum atomic E-state index is 12.7. The molecule has 2 amide bonds. The molecule has 3 aromatic rings. The van der Waals surface area contributed by atoms with E-state index in [2.05, 4.69) is 10.3 Å². The van der Waals surface area contributed by atoms with Crippen molar-refractivity contribution in [3.05, 3.63) is 77.2 Å². The van der Waals surface area contributed by atoms with Crippen LogP contribution < -0.4 is 10.8 Å². The van der Waals surface area contributed by atoms with Crippen molar-refractivity contribution in [1.29, 1.82) is 0 Å². The summed E-state index contributed by atoms with van der Waals surface area (Å²) in [6.45, 7) is 5.81. The molecule has 0 radical (unpaired) electrons. The predicted molar refractivity (Wildman–Crippen MR) is 112 cm³/mol. The van der Waals surface area contributed by atoms with Crippen molar-refractivity contribution in [2.24, 2.45) is 5.92 Å². The van der Waals surface area contributed by atoms with E-state index < -0.39 is 5.91 Å². The van der Waals surface area contributed by atoms with Gasteiger partial charge in [0.25, 0.3) is 5.91 Å². The fourth-order valence-corrected chi connectivity index (χ4v) is 3.21. The Morgan fingerprint density at radius 2 is 1.73 bits per heavy atom. The van der Waals surface area contributed by atoms with Crippen LogP contribution in [0.25, 0.3) is 11.5 Å². The lowest BCUT2D eigenvalue weighted by atomic mass is 9.95. The number of aryl methyl sites for hydroxylation is 1. The molecule has 0 spiro atoms. The van der Waals surface area contributed by atoms with Crippen molar-refractivity contribution >= 4 is 11.8 Å². The predicted octanol–water partition coefficient (Wildman–Crippen LogP) is 3.83. The number of rotatable bonds is 7. The molecule has 7 heteroatoms. The molecule has 1 unspecified atom stereocenters. The van der Waals surface area contributed by atoms with Crippen LogP contribution in [0.5, 0.6) is 0 Å². The van der Waals surface area contributed by atoms with Gasteiger partial charge in [0.1, 0.15) is 5.76 Å². The van der Waals surface area contributed by atoms with Gasteiger partial charge in [-0.1, -0.05) is 44.2 Å². The third-order valence-electron chi connectivity index (χ3n) is 4.86. The number of aromatic nitrogens is 1. The van der Waals surface area contributed by atoms with Gasteiger partial charge in [-0.25, -0.2) is 10.5 Å². The van der Waals surface area contributed by atoms with Crippen LogP contribution in [-0.4, -0.2) is 22.0 Å². The number of hydrogen-bond donors (Lipinski definition) is 3. The lowest BCUT2D eigenvalue weighted by molar-refractivity contribution is -0.121. The summed E-state index contributed by atoms with van der Waals surface area (Å²) in [5.41, 5.74) is 4.27. The zero-order valence-corrected chi connectivity index (χ0v) is 17.2. The fraction of sp³-hybridized carbons (Fsp3) is 0.261. The summed E-state index contributed by atoms with van der Waals surface area (Å²) in [7, 11) is 0. The number of carbonyl (C=O) groups is 2. The van der Waals surface area contributed by atoms with Gasteiger partial charge in [0.15, 0.2) is 0 Å². The fourth-order valence-electron chi connectivity index (χ4n) is 3.21. The van der Waals surface area contributed by atoms with Crippen LogP contribution in [0, 0.1) is 12.8 Å². The summed E-state index contributed by atoms with van der Waals surface area (Å²) >= 11 is 0. The van der Waals surface area contributed by atoms with Crippen LogP contribution in [0.2, 0.25) is 0 Å². The van der Waals surface area contributed by atoms with E-state index >= 15 is 0 Å². The summed E-state index contributed by atoms with van der Waals surface area (Å²) in [5, 5.41) is 11.8. The standard InChI is InChI=1S/C23H25N3O4/c1-14(2)21(16-9-11-17(12-10-16)22(28)26-29)25-20(27)13-19-15(3)30-23(24-19)18-7-5-4-6-8-18/h4-12,14,21,29H,13H2,1-3H3,(H,25,27)(H,26,28). The molecule has 1 atom stereocenters. The van der Waals surface area contributed by atoms with Gasteiger partial charge in [-0.15, -0.1) is 0 Å². The molecule has 1 heterocycles. The highest BCUT2D eigenvalue weighted by atomic mass is 16.5. The van der Waals surface area contributed by atoms with E-state index in [1.54, 1.807) is 36.7 Å². The van der Waals surface area contributed by atoms with Gasteiger partial charge >= 0.3 is 0 Å². The van der Waals surface area contributed by atoms with Gasteiger partial charge in [0.2, 0.25) is 11.8 Å². The molecule has 30 heavy (non-hydrogen) atoms. The first-order chi connectivity index (χ1) is 14.4. The van der Waals surface area contributed by atoms with Crippen molar-refractivity contribution in [3.8, 4) is 11.5 Å². The molecule has 0 aliphatic rings. The summed E-state index contributed by atoms with van der Waals surface area (Å²) in [4.78, 5) is 28.7. The van der Waals surface area contributed by atoms with E-state index in [9.17, 15) is 9.59 Å². The first-order valence-corrected chi connectivity index (χ1v) is 9.74. The second-order valence-corrected chi connectivity index (χ2v) is 7.42. The maximum Gasteiger partial charge on any atom is 0.274 e. The molecule has 0 saturated carbocycles. The second kappa shape index (κ2) is 9.37. The molecule has 0 bridgehead atoms. The van der Waals surface area contributed by atoms with Gasteiger partial charge in [0.05, 0.1) is 18.2 Å². The van der Waals surface area contributed by atoms with E-state index in [-0.39, 0.29) is 24.3 Å². The molecule has 7 nitrogen and oxygen atoms in total. The van der Waals surface area contributed by atoms with Crippen molar-refractivity contribution < 1.29 is 19.2 Å². The van der Waals surface area contributed by atoms with E-state index in [1.165, 1.54) is 0 Å². The minimum absolute atomic E-state index is 0.108. The Morgan fingerprint density at radius 3 is 2.33 bits per heavy atom. The van der Waals surface area contributed by atoms with Crippen LogP contribution in [0.4, 0.5) is 0 Å². The minimum Gasteiger partial charge on any atom is -0.441 e. The Balaban J connectivity index is 1.72. The maximum absolute atomic E-state index is 12.7. The lowest BCUT2D eigenvalue weighted by Gasteiger charge is -2.23. The average Bonchev–Trinajstić information content (AvgIpc) is 3.12. The monoisotopic (exact) mass is 407 g/mol. The average molecular weight is 407 g/mol. The van der Waals surface area contributed by atoms with Gasteiger partial charge in [-0.3, -0.25) is 14.8 Å². The third-order valence-corrected chi connectivity index (χ3v) is 4.86. The van der Waals surface area contributed by atoms with Crippen LogP contribution in [0.1, 0.15) is 47.3 Å². The van der Waals surface area contributed by atoms with Gasteiger partial charge in [0, 0.05) is 11.1 Å². The van der Waals surface area contributed by atoms with Crippen LogP contribution in [-0.2, 0) is 11.2 Å². The van der Waals surface area contributed by atoms with Crippen LogP contribution in [0.15, 0.2) is 59.0 Å². The Labute approximate surface area is 175 Å². The Kier molecular flexibility index (Phi) is 6.64. The molecule has 0 saturated heterocycles. The third kappa shape index (κ3) is 4.93. The Hall–Kier alpha value is -3.45. The summed E-state index contributed by atoms with van der Waals surface area (Å²) < 4.78 is 5.74. The number of hydrogen-bond acceptors (Lipinski definition) is 5. The summed E-state index contributed by atoms with van der Waals surface area (Å²) in [6.07, 6.45) is 0.108. The van der Waals surface area contributed by atoms with Crippen molar-refractivity contribution in [2.45, 2.75) is 33.2 Å². The van der Waals surface area contributed by atoms with Gasteiger partial charge in [-0.05, 0) is 42.7 Å². The smallest absolute Gasteiger partial charge is 0.274 e. The molecule has 0 aliphatic carbocycles. The highest BCUT2D eigenvalue weighted by molar-refractivity contribution is 5.93. The highest BCUT2D eigenvalue weighted by Gasteiger charge is 2.21. The first-order valence-electron chi connectivity index (χ1n) is 9.74. The largest absolute Gasteiger partial charge is 0.441 e. The quantitative estimate of drug-likeness (QED) is 0.408. The lowest BCUT2D eigenvalue weighted by Crippen LogP contribution is -2.33. The second-order valence-electron chi connectivity index (χ2n) is 7.42. The van der Waals surface area contributed by atoms with E-state index in [0.29, 0.717) is 22.9 Å². The molecule has 2 aromatic carbocycles. The van der Waals surface area contributed by atoms with Crippen molar-refractivity contribution in [1.82, 2.24) is 15.8 Å². The SMILES string of the molecule is Cc1oc(-c2ccccc2)nc1CC(=O)NC(c1ccc(C(=O)NO)cc1)C(C)C. The minimum atomic E-state index is -0.581. The Morgan fingerprint density at radius 1 is 1.07 bits per heavy atom. The van der Waals surface area contributed by atoms with E-state index in [0.717, 1.165) is 11.1 Å². The zero-order valence-electron chi connectivity index (χ0n) is 17.2. The summed E-state index contributed by atoms with van der Waals surface area (Å²) in [6, 6.07) is 16.1. The van der Waals surface area contributed by atoms with Crippen LogP contribution >= 0.6 is 0 Å². The first kappa shape index (κ1) is 21.3. The Bertz CT molecular complexity index is 1010. The molecular formula is C23H25N3O4. The molecule has 0 fully saturated rings. The number of carbonyl (C=O) groups excluding carboxylic acids is 2. The highest BCUT2D eigenvalue weighted by Crippen LogP contribution is 2.24. The van der Waals surface area contributed by atoms with Gasteiger partial charge in [-0.2, -0.15) is 0 Å². The summed E-state index contributed by atoms with van der Waals surface area (Å²) in [5.74, 6) is 0.493. The molecular weight excluding hydrogens is 382 g/mol. The number of nitrogens with one attached hydrogen (secondary N) is 2. The number of benzene rings is 2. The number of nitrogens with zero attached hydrogens (tertiary/aromatic N) is 1. The molecule has 0 aliphatic heterocycles.